The van der Waals surface area contributed by atoms with Crippen molar-refractivity contribution in [2.45, 2.75) is 78.7 Å². The Hall–Kier alpha value is -2.11. The van der Waals surface area contributed by atoms with Crippen LogP contribution in [-0.4, -0.2) is 39.3 Å². The van der Waals surface area contributed by atoms with Gasteiger partial charge in [0, 0.05) is 31.7 Å². The molecule has 3 rings (SSSR count). The summed E-state index contributed by atoms with van der Waals surface area (Å²) in [6.45, 7) is 8.95. The van der Waals surface area contributed by atoms with Crippen LogP contribution in [0.15, 0.2) is 9.70 Å². The predicted molar refractivity (Wildman–Crippen MR) is 141 cm³/mol. The number of hydrogen-bond donors (Lipinski definition) is 0. The van der Waals surface area contributed by atoms with Crippen molar-refractivity contribution in [1.29, 1.82) is 5.26 Å². The van der Waals surface area contributed by atoms with Crippen molar-refractivity contribution in [3.63, 3.8) is 0 Å². The zero-order valence-corrected chi connectivity index (χ0v) is 21.6. The second kappa shape index (κ2) is 11.8. The Bertz CT molecular complexity index is 1030. The highest BCUT2D eigenvalue weighted by molar-refractivity contribution is 8.26. The Labute approximate surface area is 206 Å². The van der Waals surface area contributed by atoms with Crippen LogP contribution >= 0.6 is 24.0 Å². The Morgan fingerprint density at radius 2 is 1.76 bits per heavy atom. The fourth-order valence-corrected chi connectivity index (χ4v) is 5.83. The molecule has 0 bridgehead atoms. The molecule has 178 valence electrons. The summed E-state index contributed by atoms with van der Waals surface area (Å²) in [7, 11) is 0. The first-order chi connectivity index (χ1) is 15.9. The lowest BCUT2D eigenvalue weighted by molar-refractivity contribution is -0.122. The molecule has 0 aromatic carbocycles. The van der Waals surface area contributed by atoms with Crippen LogP contribution in [0.5, 0.6) is 0 Å². The third-order valence-corrected chi connectivity index (χ3v) is 7.71. The number of hydrogen-bond acceptors (Lipinski definition) is 6. The van der Waals surface area contributed by atoms with Crippen LogP contribution in [0.1, 0.15) is 81.9 Å². The topological polar surface area (TPSA) is 69.3 Å². The highest BCUT2D eigenvalue weighted by Crippen LogP contribution is 2.36. The van der Waals surface area contributed by atoms with E-state index >= 15 is 0 Å². The molecule has 1 aromatic heterocycles. The van der Waals surface area contributed by atoms with Crippen molar-refractivity contribution in [2.24, 2.45) is 0 Å². The molecule has 0 saturated carbocycles. The lowest BCUT2D eigenvalue weighted by Gasteiger charge is -2.26. The molecule has 3 heterocycles. The fraction of sp³-hybridized carbons (Fsp3) is 0.600. The smallest absolute Gasteiger partial charge is 0.270 e. The maximum atomic E-state index is 13.2. The summed E-state index contributed by atoms with van der Waals surface area (Å²) < 4.78 is 2.32. The minimum absolute atomic E-state index is 0.0704. The largest absolute Gasteiger partial charge is 0.357 e. The SMILES string of the molecule is CCCCCCCN1C(=O)/C(=C\c2c(C)c(C#N)c(=O)n(CCC)c2N2CCCC2)SC1=S. The first kappa shape index (κ1) is 25.5. The van der Waals surface area contributed by atoms with Gasteiger partial charge in [0.05, 0.1) is 4.91 Å². The maximum absolute atomic E-state index is 13.2. The van der Waals surface area contributed by atoms with Crippen molar-refractivity contribution in [3.8, 4) is 6.07 Å². The number of carbonyl (C=O) groups is 1. The summed E-state index contributed by atoms with van der Waals surface area (Å²) in [5, 5.41) is 9.73. The standard InChI is InChI=1S/C25H34N4O2S2/c1-4-6-7-8-9-15-29-24(31)21(33-25(29)32)16-19-18(3)20(17-26)23(30)28(12-5-2)22(19)27-13-10-11-14-27/h16H,4-15H2,1-3H3/b21-16+. The number of carbonyl (C=O) groups excluding carboxylic acids is 1. The molecule has 0 N–H and O–H groups in total. The average molecular weight is 487 g/mol. The summed E-state index contributed by atoms with van der Waals surface area (Å²) in [6.07, 6.45) is 10.4. The highest BCUT2D eigenvalue weighted by atomic mass is 32.2. The van der Waals surface area contributed by atoms with Crippen LogP contribution < -0.4 is 10.5 Å². The van der Waals surface area contributed by atoms with Crippen molar-refractivity contribution in [2.75, 3.05) is 24.5 Å². The van der Waals surface area contributed by atoms with Crippen molar-refractivity contribution >= 4 is 46.1 Å². The van der Waals surface area contributed by atoms with E-state index in [1.807, 2.05) is 19.9 Å². The molecule has 1 aromatic rings. The van der Waals surface area contributed by atoms with E-state index in [1.54, 1.807) is 9.47 Å². The van der Waals surface area contributed by atoms with Gasteiger partial charge in [-0.3, -0.25) is 19.1 Å². The summed E-state index contributed by atoms with van der Waals surface area (Å²) >= 11 is 6.85. The third-order valence-electron chi connectivity index (χ3n) is 6.33. The van der Waals surface area contributed by atoms with Gasteiger partial charge in [-0.05, 0) is 44.2 Å². The predicted octanol–water partition coefficient (Wildman–Crippen LogP) is 5.21. The molecule has 8 heteroatoms. The van der Waals surface area contributed by atoms with Crippen molar-refractivity contribution < 1.29 is 4.79 Å². The Morgan fingerprint density at radius 1 is 1.06 bits per heavy atom. The quantitative estimate of drug-likeness (QED) is 0.257. The van der Waals surface area contributed by atoms with Crippen LogP contribution in [0.25, 0.3) is 6.08 Å². The lowest BCUT2D eigenvalue weighted by atomic mass is 10.0. The molecule has 2 fully saturated rings. The van der Waals surface area contributed by atoms with E-state index in [1.165, 1.54) is 31.0 Å². The number of unbranched alkanes of at least 4 members (excludes halogenated alkanes) is 4. The molecule has 1 amide bonds. The maximum Gasteiger partial charge on any atom is 0.270 e. The molecule has 0 unspecified atom stereocenters. The molecule has 0 aliphatic carbocycles. The minimum atomic E-state index is -0.240. The van der Waals surface area contributed by atoms with E-state index in [4.69, 9.17) is 12.2 Å². The number of thiocarbonyl (C=S) groups is 1. The molecular weight excluding hydrogens is 452 g/mol. The van der Waals surface area contributed by atoms with Gasteiger partial charge in [0.25, 0.3) is 11.5 Å². The second-order valence-electron chi connectivity index (χ2n) is 8.75. The summed E-state index contributed by atoms with van der Waals surface area (Å²) in [5.74, 6) is 0.764. The molecule has 2 saturated heterocycles. The van der Waals surface area contributed by atoms with E-state index < -0.39 is 0 Å². The van der Waals surface area contributed by atoms with Gasteiger partial charge in [-0.1, -0.05) is 63.5 Å². The van der Waals surface area contributed by atoms with Crippen LogP contribution in [0.2, 0.25) is 0 Å². The van der Waals surface area contributed by atoms with E-state index in [0.717, 1.165) is 56.6 Å². The number of pyridine rings is 1. The van der Waals surface area contributed by atoms with Crippen LogP contribution in [-0.2, 0) is 11.3 Å². The molecule has 2 aliphatic heterocycles. The van der Waals surface area contributed by atoms with E-state index in [0.29, 0.717) is 27.9 Å². The highest BCUT2D eigenvalue weighted by Gasteiger charge is 2.33. The molecule has 6 nitrogen and oxygen atoms in total. The van der Waals surface area contributed by atoms with Crippen molar-refractivity contribution in [3.05, 3.63) is 31.9 Å². The first-order valence-electron chi connectivity index (χ1n) is 12.1. The van der Waals surface area contributed by atoms with Gasteiger partial charge in [-0.25, -0.2) is 0 Å². The number of nitriles is 1. The van der Waals surface area contributed by atoms with Crippen LogP contribution in [0.3, 0.4) is 0 Å². The number of rotatable bonds is 10. The van der Waals surface area contributed by atoms with Gasteiger partial charge in [-0.15, -0.1) is 0 Å². The molecule has 2 aliphatic rings. The summed E-state index contributed by atoms with van der Waals surface area (Å²) in [6, 6.07) is 2.11. The minimum Gasteiger partial charge on any atom is -0.357 e. The van der Waals surface area contributed by atoms with Crippen LogP contribution in [0, 0.1) is 18.3 Å². The number of amides is 1. The Balaban J connectivity index is 2.00. The zero-order valence-electron chi connectivity index (χ0n) is 20.0. The Kier molecular flexibility index (Phi) is 9.16. The molecule has 0 radical (unpaired) electrons. The molecule has 33 heavy (non-hydrogen) atoms. The first-order valence-corrected chi connectivity index (χ1v) is 13.3. The summed E-state index contributed by atoms with van der Waals surface area (Å²) in [5.41, 5.74) is 1.35. The van der Waals surface area contributed by atoms with E-state index in [-0.39, 0.29) is 17.0 Å². The van der Waals surface area contributed by atoms with E-state index in [2.05, 4.69) is 17.9 Å². The van der Waals surface area contributed by atoms with Crippen molar-refractivity contribution in [1.82, 2.24) is 9.47 Å². The average Bonchev–Trinajstić information content (AvgIpc) is 3.41. The summed E-state index contributed by atoms with van der Waals surface area (Å²) in [4.78, 5) is 30.9. The lowest BCUT2D eigenvalue weighted by Crippen LogP contribution is -2.33. The number of aromatic nitrogens is 1. The van der Waals surface area contributed by atoms with Gasteiger partial charge in [0.2, 0.25) is 0 Å². The van der Waals surface area contributed by atoms with Crippen LogP contribution in [0.4, 0.5) is 5.82 Å². The number of nitrogens with zero attached hydrogens (tertiary/aromatic N) is 4. The third kappa shape index (κ3) is 5.52. The number of thioether (sulfide) groups is 1. The Morgan fingerprint density at radius 3 is 2.39 bits per heavy atom. The van der Waals surface area contributed by atoms with Gasteiger partial charge in [-0.2, -0.15) is 5.26 Å². The molecular formula is C25H34N4O2S2. The van der Waals surface area contributed by atoms with Gasteiger partial charge in [0.15, 0.2) is 0 Å². The monoisotopic (exact) mass is 486 g/mol. The normalized spacial score (nSPS) is 17.5. The van der Waals surface area contributed by atoms with Gasteiger partial charge >= 0.3 is 0 Å². The number of anilines is 1. The van der Waals surface area contributed by atoms with E-state index in [9.17, 15) is 14.9 Å². The fourth-order valence-electron chi connectivity index (χ4n) is 4.54. The molecule has 0 spiro atoms. The van der Waals surface area contributed by atoms with Gasteiger partial charge < -0.3 is 4.90 Å². The zero-order chi connectivity index (χ0) is 24.0. The molecule has 0 atom stereocenters. The second-order valence-corrected chi connectivity index (χ2v) is 10.4. The van der Waals surface area contributed by atoms with Gasteiger partial charge in [0.1, 0.15) is 21.8 Å².